The lowest BCUT2D eigenvalue weighted by molar-refractivity contribution is -0.162. The number of hydrogen-bond donors (Lipinski definition) is 3. The van der Waals surface area contributed by atoms with Crippen LogP contribution >= 0.6 is 0 Å². The summed E-state index contributed by atoms with van der Waals surface area (Å²) >= 11 is 0. The Morgan fingerprint density at radius 1 is 0.864 bits per heavy atom. The zero-order chi connectivity index (χ0) is 32.8. The Morgan fingerprint density at radius 2 is 1.41 bits per heavy atom. The first-order chi connectivity index (χ1) is 20.8. The molecule has 0 fully saturated rings. The van der Waals surface area contributed by atoms with Crippen LogP contribution in [0.3, 0.4) is 0 Å². The molecular formula is C32H48N2O9Si. The number of carbonyl (C=O) groups excluding carboxylic acids is 3. The molecule has 0 bridgehead atoms. The molecule has 2 rings (SSSR count). The van der Waals surface area contributed by atoms with Crippen molar-refractivity contribution in [2.24, 2.45) is 0 Å². The van der Waals surface area contributed by atoms with Gasteiger partial charge >= 0.3 is 18.2 Å². The van der Waals surface area contributed by atoms with E-state index >= 15 is 0 Å². The number of hydrazine groups is 1. The maximum atomic E-state index is 13.4. The molecule has 2 aromatic rings. The van der Waals surface area contributed by atoms with Crippen LogP contribution in [0.15, 0.2) is 60.7 Å². The van der Waals surface area contributed by atoms with Crippen LogP contribution in [0.25, 0.3) is 0 Å². The second kappa shape index (κ2) is 17.7. The molecule has 11 nitrogen and oxygen atoms in total. The molecule has 0 aromatic heterocycles. The monoisotopic (exact) mass is 632 g/mol. The SMILES string of the molecule is CCOC(=O)[C@H](O)[C@@H](O)[C@@H](CCCCO[Si](C)(C)C(C)(C)C)N(NC(=O)OCc1ccccc1)C(=O)OCc1ccccc1. The van der Waals surface area contributed by atoms with E-state index in [0.29, 0.717) is 25.0 Å². The molecule has 0 aliphatic rings. The molecule has 12 heteroatoms. The summed E-state index contributed by atoms with van der Waals surface area (Å²) in [5, 5.41) is 22.6. The van der Waals surface area contributed by atoms with Crippen molar-refractivity contribution in [3.63, 3.8) is 0 Å². The summed E-state index contributed by atoms with van der Waals surface area (Å²) in [7, 11) is -2.00. The lowest BCUT2D eigenvalue weighted by Crippen LogP contribution is -2.59. The molecule has 0 spiro atoms. The number of unbranched alkanes of at least 4 members (excludes halogenated alkanes) is 1. The van der Waals surface area contributed by atoms with Crippen molar-refractivity contribution < 1.29 is 43.2 Å². The van der Waals surface area contributed by atoms with Crippen molar-refractivity contribution in [3.05, 3.63) is 71.8 Å². The highest BCUT2D eigenvalue weighted by Crippen LogP contribution is 2.36. The minimum Gasteiger partial charge on any atom is -0.464 e. The van der Waals surface area contributed by atoms with Gasteiger partial charge in [0.15, 0.2) is 14.4 Å². The van der Waals surface area contributed by atoms with Crippen LogP contribution in [0.2, 0.25) is 18.1 Å². The first kappa shape index (κ1) is 36.7. The lowest BCUT2D eigenvalue weighted by Gasteiger charge is -2.36. The Kier molecular flexibility index (Phi) is 14.8. The predicted molar refractivity (Wildman–Crippen MR) is 168 cm³/mol. The Bertz CT molecular complexity index is 1160. The van der Waals surface area contributed by atoms with Crippen LogP contribution in [0.1, 0.15) is 58.1 Å². The van der Waals surface area contributed by atoms with Crippen molar-refractivity contribution >= 4 is 26.5 Å². The van der Waals surface area contributed by atoms with Crippen molar-refractivity contribution in [2.75, 3.05) is 13.2 Å². The van der Waals surface area contributed by atoms with Gasteiger partial charge in [0, 0.05) is 6.61 Å². The van der Waals surface area contributed by atoms with Gasteiger partial charge in [-0.15, -0.1) is 0 Å². The van der Waals surface area contributed by atoms with Crippen molar-refractivity contribution in [1.82, 2.24) is 10.4 Å². The quantitative estimate of drug-likeness (QED) is 0.0782. The van der Waals surface area contributed by atoms with Crippen LogP contribution < -0.4 is 5.43 Å². The van der Waals surface area contributed by atoms with E-state index in [4.69, 9.17) is 18.6 Å². The van der Waals surface area contributed by atoms with E-state index in [1.165, 1.54) is 0 Å². The van der Waals surface area contributed by atoms with Gasteiger partial charge in [0.05, 0.1) is 12.6 Å². The average Bonchev–Trinajstić information content (AvgIpc) is 2.99. The van der Waals surface area contributed by atoms with Gasteiger partial charge in [-0.25, -0.2) is 24.8 Å². The van der Waals surface area contributed by atoms with Crippen molar-refractivity contribution in [3.8, 4) is 0 Å². The van der Waals surface area contributed by atoms with Crippen LogP contribution in [0.4, 0.5) is 9.59 Å². The predicted octanol–water partition coefficient (Wildman–Crippen LogP) is 5.31. The summed E-state index contributed by atoms with van der Waals surface area (Å²) in [6.45, 7) is 12.5. The molecule has 0 unspecified atom stereocenters. The minimum atomic E-state index is -2.00. The van der Waals surface area contributed by atoms with Gasteiger partial charge in [0.25, 0.3) is 0 Å². The Morgan fingerprint density at radius 3 is 1.93 bits per heavy atom. The highest BCUT2D eigenvalue weighted by Gasteiger charge is 2.40. The molecule has 3 N–H and O–H groups in total. The molecule has 2 amide bonds. The third kappa shape index (κ3) is 11.9. The van der Waals surface area contributed by atoms with Gasteiger partial charge in [-0.05, 0) is 55.4 Å². The fourth-order valence-electron chi connectivity index (χ4n) is 3.94. The summed E-state index contributed by atoms with van der Waals surface area (Å²) < 4.78 is 21.9. The molecule has 244 valence electrons. The second-order valence-corrected chi connectivity index (χ2v) is 16.8. The summed E-state index contributed by atoms with van der Waals surface area (Å²) in [4.78, 5) is 38.7. The number of ether oxygens (including phenoxy) is 3. The molecular weight excluding hydrogens is 584 g/mol. The molecule has 0 saturated heterocycles. The van der Waals surface area contributed by atoms with Gasteiger partial charge in [0.2, 0.25) is 0 Å². The summed E-state index contributed by atoms with van der Waals surface area (Å²) in [6, 6.07) is 16.6. The number of hydrogen-bond acceptors (Lipinski definition) is 9. The van der Waals surface area contributed by atoms with E-state index in [1.807, 2.05) is 12.1 Å². The summed E-state index contributed by atoms with van der Waals surface area (Å²) in [5.74, 6) is -1.06. The Labute approximate surface area is 261 Å². The molecule has 3 atom stereocenters. The Hall–Kier alpha value is -3.45. The van der Waals surface area contributed by atoms with Gasteiger partial charge in [0.1, 0.15) is 19.3 Å². The van der Waals surface area contributed by atoms with E-state index in [1.54, 1.807) is 55.5 Å². The van der Waals surface area contributed by atoms with Crippen molar-refractivity contribution in [2.45, 2.75) is 96.6 Å². The van der Waals surface area contributed by atoms with Gasteiger partial charge in [-0.3, -0.25) is 0 Å². The molecule has 0 radical (unpaired) electrons. The first-order valence-corrected chi connectivity index (χ1v) is 17.8. The number of nitrogens with one attached hydrogen (secondary N) is 1. The number of aliphatic hydroxyl groups excluding tert-OH is 2. The van der Waals surface area contributed by atoms with E-state index in [2.05, 4.69) is 39.3 Å². The van der Waals surface area contributed by atoms with Crippen LogP contribution in [-0.4, -0.2) is 73.2 Å². The number of carbonyl (C=O) groups is 3. The molecule has 0 aliphatic heterocycles. The number of rotatable bonds is 15. The zero-order valence-electron chi connectivity index (χ0n) is 26.7. The molecule has 44 heavy (non-hydrogen) atoms. The normalized spacial score (nSPS) is 13.7. The lowest BCUT2D eigenvalue weighted by atomic mass is 9.99. The molecule has 0 saturated carbocycles. The summed E-state index contributed by atoms with van der Waals surface area (Å²) in [6.07, 6.45) is -4.74. The fourth-order valence-corrected chi connectivity index (χ4v) is 5.02. The van der Waals surface area contributed by atoms with Gasteiger partial charge in [-0.2, -0.15) is 0 Å². The van der Waals surface area contributed by atoms with Crippen LogP contribution in [0.5, 0.6) is 0 Å². The fraction of sp³-hybridized carbons (Fsp3) is 0.531. The second-order valence-electron chi connectivity index (χ2n) is 11.9. The number of aliphatic hydroxyl groups is 2. The largest absolute Gasteiger partial charge is 0.464 e. The Balaban J connectivity index is 2.26. The minimum absolute atomic E-state index is 0.0229. The van der Waals surface area contributed by atoms with Crippen LogP contribution in [0, 0.1) is 0 Å². The maximum absolute atomic E-state index is 13.4. The number of benzene rings is 2. The van der Waals surface area contributed by atoms with E-state index in [9.17, 15) is 24.6 Å². The highest BCUT2D eigenvalue weighted by molar-refractivity contribution is 6.74. The average molecular weight is 633 g/mol. The summed E-state index contributed by atoms with van der Waals surface area (Å²) in [5.41, 5.74) is 3.78. The van der Waals surface area contributed by atoms with Gasteiger partial charge < -0.3 is 28.8 Å². The van der Waals surface area contributed by atoms with Crippen LogP contribution in [-0.2, 0) is 36.6 Å². The molecule has 2 aromatic carbocycles. The topological polar surface area (TPSA) is 144 Å². The third-order valence-corrected chi connectivity index (χ3v) is 12.1. The van der Waals surface area contributed by atoms with E-state index in [-0.39, 0.29) is 31.3 Å². The third-order valence-electron chi connectivity index (χ3n) is 7.57. The van der Waals surface area contributed by atoms with E-state index < -0.39 is 44.7 Å². The smallest absolute Gasteiger partial charge is 0.429 e. The standard InChI is InChI=1S/C32H48N2O9Si/c1-7-40-29(37)28(36)27(35)26(20-14-15-21-43-44(5,6)32(2,3)4)34(31(39)42-23-25-18-12-9-13-19-25)33-30(38)41-22-24-16-10-8-11-17-24/h8-13,16-19,26-28,35-36H,7,14-15,20-23H2,1-6H3,(H,33,38)/t26-,27+,28-/m1/s1. The highest BCUT2D eigenvalue weighted by atomic mass is 28.4. The van der Waals surface area contributed by atoms with Gasteiger partial charge in [-0.1, -0.05) is 81.4 Å². The number of esters is 1. The number of nitrogens with zero attached hydrogens (tertiary/aromatic N) is 1. The zero-order valence-corrected chi connectivity index (χ0v) is 27.7. The van der Waals surface area contributed by atoms with E-state index in [0.717, 1.165) is 10.6 Å². The van der Waals surface area contributed by atoms with Crippen molar-refractivity contribution in [1.29, 1.82) is 0 Å². The number of amides is 2. The maximum Gasteiger partial charge on any atom is 0.429 e. The molecule has 0 aliphatic carbocycles. The molecule has 0 heterocycles. The first-order valence-electron chi connectivity index (χ1n) is 14.9.